The van der Waals surface area contributed by atoms with Crippen LogP contribution in [-0.2, 0) is 11.3 Å². The summed E-state index contributed by atoms with van der Waals surface area (Å²) < 4.78 is 5.23. The molecule has 2 amide bonds. The number of nitrogens with one attached hydrogen (secondary N) is 1. The maximum Gasteiger partial charge on any atom is 0.252 e. The smallest absolute Gasteiger partial charge is 0.252 e. The Kier molecular flexibility index (Phi) is 4.37. The number of fused-ring (bicyclic) bond motifs is 1. The molecule has 0 radical (unpaired) electrons. The molecule has 1 N–H and O–H groups in total. The highest BCUT2D eigenvalue weighted by molar-refractivity contribution is 5.99. The molecule has 8 nitrogen and oxygen atoms in total. The zero-order valence-corrected chi connectivity index (χ0v) is 14.6. The van der Waals surface area contributed by atoms with Gasteiger partial charge in [0.2, 0.25) is 17.6 Å². The average Bonchev–Trinajstić information content (AvgIpc) is 3.28. The predicted molar refractivity (Wildman–Crippen MR) is 95.3 cm³/mol. The second-order valence-electron chi connectivity index (χ2n) is 6.32. The van der Waals surface area contributed by atoms with Crippen LogP contribution in [0.1, 0.15) is 34.3 Å². The van der Waals surface area contributed by atoms with Crippen LogP contribution in [-0.4, -0.2) is 38.9 Å². The molecule has 1 aliphatic heterocycles. The summed E-state index contributed by atoms with van der Waals surface area (Å²) in [6.07, 6.45) is 3.48. The minimum absolute atomic E-state index is 0.127. The molecule has 136 valence electrons. The van der Waals surface area contributed by atoms with Gasteiger partial charge in [0.25, 0.3) is 5.91 Å². The standard InChI is InChI=1S/C19H17N5O3/c1-24(11-16-22-18(23-27-16)12-5-4-8-20-10-12)17(25)9-15-13-6-2-3-7-14(13)19(26)21-15/h2-8,10,15H,9,11H2,1H3,(H,21,26). The Morgan fingerprint density at radius 1 is 1.26 bits per heavy atom. The Morgan fingerprint density at radius 2 is 2.11 bits per heavy atom. The molecule has 3 heterocycles. The van der Waals surface area contributed by atoms with Gasteiger partial charge in [0.05, 0.1) is 19.0 Å². The van der Waals surface area contributed by atoms with Crippen molar-refractivity contribution in [3.8, 4) is 11.4 Å². The van der Waals surface area contributed by atoms with Gasteiger partial charge in [-0.1, -0.05) is 23.4 Å². The summed E-state index contributed by atoms with van der Waals surface area (Å²) in [6, 6.07) is 10.6. The largest absolute Gasteiger partial charge is 0.345 e. The lowest BCUT2D eigenvalue weighted by atomic mass is 10.0. The Bertz CT molecular complexity index is 986. The molecule has 0 bridgehead atoms. The first kappa shape index (κ1) is 16.9. The van der Waals surface area contributed by atoms with Gasteiger partial charge in [-0.3, -0.25) is 14.6 Å². The highest BCUT2D eigenvalue weighted by Gasteiger charge is 2.30. The molecule has 27 heavy (non-hydrogen) atoms. The van der Waals surface area contributed by atoms with Gasteiger partial charge < -0.3 is 14.7 Å². The number of benzene rings is 1. The number of carbonyl (C=O) groups excluding carboxylic acids is 2. The predicted octanol–water partition coefficient (Wildman–Crippen LogP) is 1.96. The van der Waals surface area contributed by atoms with E-state index in [1.807, 2.05) is 24.3 Å². The second kappa shape index (κ2) is 6.99. The van der Waals surface area contributed by atoms with Gasteiger partial charge in [0.1, 0.15) is 0 Å². The van der Waals surface area contributed by atoms with E-state index in [1.54, 1.807) is 31.6 Å². The summed E-state index contributed by atoms with van der Waals surface area (Å²) in [6.45, 7) is 0.189. The van der Waals surface area contributed by atoms with Crippen LogP contribution in [0.3, 0.4) is 0 Å². The van der Waals surface area contributed by atoms with E-state index >= 15 is 0 Å². The first-order chi connectivity index (χ1) is 13.1. The second-order valence-corrected chi connectivity index (χ2v) is 6.32. The van der Waals surface area contributed by atoms with Gasteiger partial charge in [-0.25, -0.2) is 0 Å². The quantitative estimate of drug-likeness (QED) is 0.744. The number of hydrogen-bond acceptors (Lipinski definition) is 6. The SMILES string of the molecule is CN(Cc1nc(-c2cccnc2)no1)C(=O)CC1NC(=O)c2ccccc21. The lowest BCUT2D eigenvalue weighted by Gasteiger charge is -2.18. The molecule has 3 aromatic rings. The van der Waals surface area contributed by atoms with Crippen LogP contribution in [0.5, 0.6) is 0 Å². The van der Waals surface area contributed by atoms with E-state index in [1.165, 1.54) is 4.90 Å². The fraction of sp³-hybridized carbons (Fsp3) is 0.211. The summed E-state index contributed by atoms with van der Waals surface area (Å²) in [5, 5.41) is 6.77. The zero-order valence-electron chi connectivity index (χ0n) is 14.6. The summed E-state index contributed by atoms with van der Waals surface area (Å²) in [4.78, 5) is 34.4. The molecular weight excluding hydrogens is 346 g/mol. The summed E-state index contributed by atoms with van der Waals surface area (Å²) in [5.74, 6) is 0.485. The lowest BCUT2D eigenvalue weighted by Crippen LogP contribution is -2.30. The zero-order chi connectivity index (χ0) is 18.8. The third-order valence-corrected chi connectivity index (χ3v) is 4.45. The molecule has 1 unspecified atom stereocenters. The monoisotopic (exact) mass is 363 g/mol. The summed E-state index contributed by atoms with van der Waals surface area (Å²) >= 11 is 0. The molecule has 1 aliphatic rings. The van der Waals surface area contributed by atoms with Crippen LogP contribution < -0.4 is 5.32 Å². The van der Waals surface area contributed by atoms with Crippen molar-refractivity contribution in [3.05, 3.63) is 65.8 Å². The van der Waals surface area contributed by atoms with Crippen molar-refractivity contribution in [2.24, 2.45) is 0 Å². The van der Waals surface area contributed by atoms with Crippen LogP contribution in [0.25, 0.3) is 11.4 Å². The molecule has 0 saturated heterocycles. The van der Waals surface area contributed by atoms with Crippen molar-refractivity contribution in [1.29, 1.82) is 0 Å². The third-order valence-electron chi connectivity index (χ3n) is 4.45. The van der Waals surface area contributed by atoms with Gasteiger partial charge in [0.15, 0.2) is 0 Å². The molecule has 1 atom stereocenters. The molecule has 0 saturated carbocycles. The Balaban J connectivity index is 1.41. The van der Waals surface area contributed by atoms with E-state index < -0.39 is 0 Å². The summed E-state index contributed by atoms with van der Waals surface area (Å²) in [7, 11) is 1.67. The number of aromatic nitrogens is 3. The molecule has 0 spiro atoms. The molecule has 0 fully saturated rings. The van der Waals surface area contributed by atoms with E-state index in [-0.39, 0.29) is 30.8 Å². The van der Waals surface area contributed by atoms with E-state index in [4.69, 9.17) is 4.52 Å². The molecule has 2 aromatic heterocycles. The van der Waals surface area contributed by atoms with Gasteiger partial charge in [-0.05, 0) is 23.8 Å². The van der Waals surface area contributed by atoms with Gasteiger partial charge in [-0.15, -0.1) is 0 Å². The number of rotatable bonds is 5. The van der Waals surface area contributed by atoms with Gasteiger partial charge in [0, 0.05) is 30.6 Å². The van der Waals surface area contributed by atoms with Crippen molar-refractivity contribution in [1.82, 2.24) is 25.3 Å². The highest BCUT2D eigenvalue weighted by Crippen LogP contribution is 2.28. The summed E-state index contributed by atoms with van der Waals surface area (Å²) in [5.41, 5.74) is 2.21. The van der Waals surface area contributed by atoms with Crippen LogP contribution in [0.2, 0.25) is 0 Å². The Hall–Kier alpha value is -3.55. The van der Waals surface area contributed by atoms with Crippen molar-refractivity contribution in [2.75, 3.05) is 7.05 Å². The maximum atomic E-state index is 12.6. The molecular formula is C19H17N5O3. The maximum absolute atomic E-state index is 12.6. The number of pyridine rings is 1. The van der Waals surface area contributed by atoms with Crippen LogP contribution in [0.4, 0.5) is 0 Å². The normalized spacial score (nSPS) is 15.3. The van der Waals surface area contributed by atoms with Crippen LogP contribution in [0, 0.1) is 0 Å². The molecule has 4 rings (SSSR count). The Morgan fingerprint density at radius 3 is 2.93 bits per heavy atom. The number of hydrogen-bond donors (Lipinski definition) is 1. The lowest BCUT2D eigenvalue weighted by molar-refractivity contribution is -0.131. The van der Waals surface area contributed by atoms with Gasteiger partial charge >= 0.3 is 0 Å². The first-order valence-electron chi connectivity index (χ1n) is 8.48. The van der Waals surface area contributed by atoms with E-state index in [0.29, 0.717) is 17.3 Å². The molecule has 1 aromatic carbocycles. The van der Waals surface area contributed by atoms with Crippen LogP contribution >= 0.6 is 0 Å². The van der Waals surface area contributed by atoms with E-state index in [2.05, 4.69) is 20.4 Å². The van der Waals surface area contributed by atoms with Crippen LogP contribution in [0.15, 0.2) is 53.3 Å². The number of nitrogens with zero attached hydrogens (tertiary/aromatic N) is 4. The molecule has 0 aliphatic carbocycles. The fourth-order valence-electron chi connectivity index (χ4n) is 3.04. The third kappa shape index (κ3) is 3.41. The van der Waals surface area contributed by atoms with E-state index in [9.17, 15) is 9.59 Å². The minimum atomic E-state index is -0.322. The van der Waals surface area contributed by atoms with Crippen molar-refractivity contribution < 1.29 is 14.1 Å². The van der Waals surface area contributed by atoms with E-state index in [0.717, 1.165) is 11.1 Å². The van der Waals surface area contributed by atoms with Crippen molar-refractivity contribution in [3.63, 3.8) is 0 Å². The number of amides is 2. The molecule has 8 heteroatoms. The first-order valence-corrected chi connectivity index (χ1v) is 8.48. The fourth-order valence-corrected chi connectivity index (χ4v) is 3.04. The van der Waals surface area contributed by atoms with Crippen molar-refractivity contribution in [2.45, 2.75) is 19.0 Å². The van der Waals surface area contributed by atoms with Crippen molar-refractivity contribution >= 4 is 11.8 Å². The number of carbonyl (C=O) groups is 2. The average molecular weight is 363 g/mol. The topological polar surface area (TPSA) is 101 Å². The van der Waals surface area contributed by atoms with Gasteiger partial charge in [-0.2, -0.15) is 4.98 Å². The highest BCUT2D eigenvalue weighted by atomic mass is 16.5. The Labute approximate surface area is 155 Å². The minimum Gasteiger partial charge on any atom is -0.345 e.